The monoisotopic (exact) mass is 533 g/mol. The fourth-order valence-corrected chi connectivity index (χ4v) is 8.34. The van der Waals surface area contributed by atoms with Crippen LogP contribution < -0.4 is 4.80 Å². The maximum Gasteiger partial charge on any atom is 0.266 e. The summed E-state index contributed by atoms with van der Waals surface area (Å²) in [5.74, 6) is 1.97. The smallest absolute Gasteiger partial charge is 0.266 e. The lowest BCUT2D eigenvalue weighted by atomic mass is 10.2. The Kier molecular flexibility index (Phi) is 6.52. The third-order valence-electron chi connectivity index (χ3n) is 4.78. The molecular formula is C19H14Cl3N3O3S3. The second kappa shape index (κ2) is 8.87. The van der Waals surface area contributed by atoms with Gasteiger partial charge in [0.25, 0.3) is 15.9 Å². The zero-order valence-corrected chi connectivity index (χ0v) is 20.4. The zero-order valence-electron chi connectivity index (χ0n) is 15.7. The van der Waals surface area contributed by atoms with Gasteiger partial charge in [0.1, 0.15) is 10.3 Å². The normalized spacial score (nSPS) is 18.0. The topological polar surface area (TPSA) is 71.7 Å². The summed E-state index contributed by atoms with van der Waals surface area (Å²) in [5, 5.41) is 0.892. The van der Waals surface area contributed by atoms with Gasteiger partial charge in [-0.25, -0.2) is 8.42 Å². The number of aromatic nitrogens is 1. The van der Waals surface area contributed by atoms with Crippen LogP contribution >= 0.6 is 57.5 Å². The van der Waals surface area contributed by atoms with Crippen molar-refractivity contribution in [2.24, 2.45) is 4.99 Å². The molecule has 1 aromatic carbocycles. The van der Waals surface area contributed by atoms with Crippen LogP contribution in [0, 0.1) is 12.3 Å². The van der Waals surface area contributed by atoms with Gasteiger partial charge in [-0.2, -0.15) is 9.30 Å². The molecule has 2 aromatic heterocycles. The highest BCUT2D eigenvalue weighted by Crippen LogP contribution is 2.34. The summed E-state index contributed by atoms with van der Waals surface area (Å²) >= 11 is 20.7. The van der Waals surface area contributed by atoms with Gasteiger partial charge in [-0.15, -0.1) is 17.8 Å². The Labute approximate surface area is 201 Å². The predicted molar refractivity (Wildman–Crippen MR) is 125 cm³/mol. The first-order valence-corrected chi connectivity index (χ1v) is 13.2. The number of fused-ring (bicyclic) bond motifs is 1. The first-order valence-electron chi connectivity index (χ1n) is 9.00. The van der Waals surface area contributed by atoms with Crippen molar-refractivity contribution in [2.45, 2.75) is 29.6 Å². The van der Waals surface area contributed by atoms with Gasteiger partial charge in [-0.1, -0.05) is 52.1 Å². The molecule has 12 heteroatoms. The first kappa shape index (κ1) is 22.8. The molecule has 1 saturated heterocycles. The average Bonchev–Trinajstić information content (AvgIpc) is 3.45. The van der Waals surface area contributed by atoms with E-state index in [4.69, 9.17) is 41.2 Å². The SMILES string of the molecule is C#CCn1c(=NC(=O)C2CCCN2S(=O)(=O)c2ccc(Cl)s2)sc2c(Cl)ccc(Cl)c21. The third kappa shape index (κ3) is 4.18. The number of sulfonamides is 1. The molecule has 3 heterocycles. The Balaban J connectivity index is 1.77. The van der Waals surface area contributed by atoms with Crippen molar-refractivity contribution in [1.29, 1.82) is 0 Å². The van der Waals surface area contributed by atoms with Crippen molar-refractivity contribution in [2.75, 3.05) is 6.54 Å². The van der Waals surface area contributed by atoms with E-state index in [1.54, 1.807) is 16.7 Å². The Hall–Kier alpha value is -1.38. The van der Waals surface area contributed by atoms with Crippen molar-refractivity contribution in [3.8, 4) is 12.3 Å². The first-order chi connectivity index (χ1) is 14.7. The Morgan fingerprint density at radius 3 is 2.61 bits per heavy atom. The van der Waals surface area contributed by atoms with Crippen LogP contribution in [0.2, 0.25) is 14.4 Å². The van der Waals surface area contributed by atoms with Crippen LogP contribution in [0.4, 0.5) is 0 Å². The van der Waals surface area contributed by atoms with Gasteiger partial charge in [0.15, 0.2) is 4.80 Å². The molecule has 0 aliphatic carbocycles. The van der Waals surface area contributed by atoms with Crippen molar-refractivity contribution < 1.29 is 13.2 Å². The van der Waals surface area contributed by atoms with Crippen LogP contribution in [0.1, 0.15) is 12.8 Å². The molecule has 0 bridgehead atoms. The molecule has 1 aliphatic rings. The number of thiazole rings is 1. The van der Waals surface area contributed by atoms with E-state index in [1.807, 2.05) is 0 Å². The van der Waals surface area contributed by atoms with E-state index in [0.29, 0.717) is 42.2 Å². The minimum atomic E-state index is -3.85. The molecule has 6 nitrogen and oxygen atoms in total. The van der Waals surface area contributed by atoms with E-state index in [9.17, 15) is 13.2 Å². The van der Waals surface area contributed by atoms with Crippen molar-refractivity contribution in [3.05, 3.63) is 43.4 Å². The minimum Gasteiger partial charge on any atom is -0.303 e. The molecule has 0 radical (unpaired) electrons. The molecule has 1 atom stereocenters. The fourth-order valence-electron chi connectivity index (χ4n) is 3.43. The standard InChI is InChI=1S/C19H14Cl3N3O3S3/c1-2-9-24-16-11(20)5-6-12(21)17(16)30-19(24)23-18(26)13-4-3-10-25(13)31(27,28)15-8-7-14(22)29-15/h1,5-8,13H,3-4,9-10H2. The van der Waals surface area contributed by atoms with Crippen LogP contribution in [-0.4, -0.2) is 35.8 Å². The molecule has 162 valence electrons. The Morgan fingerprint density at radius 1 is 1.19 bits per heavy atom. The number of carbonyl (C=O) groups is 1. The van der Waals surface area contributed by atoms with Crippen molar-refractivity contribution in [1.82, 2.24) is 8.87 Å². The quantitative estimate of drug-likeness (QED) is 0.458. The summed E-state index contributed by atoms with van der Waals surface area (Å²) in [7, 11) is -3.85. The molecule has 1 amide bonds. The van der Waals surface area contributed by atoms with Gasteiger partial charge in [-0.3, -0.25) is 4.79 Å². The van der Waals surface area contributed by atoms with Gasteiger partial charge < -0.3 is 4.57 Å². The summed E-state index contributed by atoms with van der Waals surface area (Å²) in [6, 6.07) is 5.36. The van der Waals surface area contributed by atoms with Gasteiger partial charge in [0.05, 0.1) is 31.1 Å². The van der Waals surface area contributed by atoms with Gasteiger partial charge in [0.2, 0.25) is 0 Å². The molecule has 1 unspecified atom stereocenters. The van der Waals surface area contributed by atoms with Gasteiger partial charge in [0, 0.05) is 6.54 Å². The summed E-state index contributed by atoms with van der Waals surface area (Å²) < 4.78 is 30.0. The van der Waals surface area contributed by atoms with Crippen molar-refractivity contribution >= 4 is 83.6 Å². The number of rotatable bonds is 4. The number of halogens is 3. The fraction of sp³-hybridized carbons (Fsp3) is 0.263. The summed E-state index contributed by atoms with van der Waals surface area (Å²) in [6.45, 7) is 0.366. The second-order valence-corrected chi connectivity index (χ2v) is 12.3. The number of carbonyl (C=O) groups excluding carboxylic acids is 1. The van der Waals surface area contributed by atoms with Crippen LogP contribution in [0.5, 0.6) is 0 Å². The zero-order chi connectivity index (χ0) is 22.3. The second-order valence-electron chi connectivity index (χ2n) is 6.66. The molecule has 4 rings (SSSR count). The number of amides is 1. The van der Waals surface area contributed by atoms with E-state index >= 15 is 0 Å². The van der Waals surface area contributed by atoms with E-state index < -0.39 is 22.0 Å². The molecular weight excluding hydrogens is 521 g/mol. The van der Waals surface area contributed by atoms with E-state index in [2.05, 4.69) is 10.9 Å². The highest BCUT2D eigenvalue weighted by Gasteiger charge is 2.40. The molecule has 1 aliphatic heterocycles. The number of benzene rings is 1. The molecule has 1 fully saturated rings. The highest BCUT2D eigenvalue weighted by molar-refractivity contribution is 7.91. The number of thiophene rings is 1. The van der Waals surface area contributed by atoms with E-state index in [0.717, 1.165) is 11.3 Å². The number of terminal acetylenes is 1. The summed E-state index contributed by atoms with van der Waals surface area (Å²) in [6.07, 6.45) is 6.43. The van der Waals surface area contributed by atoms with Crippen LogP contribution in [0.25, 0.3) is 10.2 Å². The number of nitrogens with zero attached hydrogens (tertiary/aromatic N) is 3. The Morgan fingerprint density at radius 2 is 1.94 bits per heavy atom. The third-order valence-corrected chi connectivity index (χ3v) is 10.2. The van der Waals surface area contributed by atoms with Gasteiger partial charge in [-0.05, 0) is 37.1 Å². The van der Waals surface area contributed by atoms with Crippen LogP contribution in [0.3, 0.4) is 0 Å². The minimum absolute atomic E-state index is 0.0972. The summed E-state index contributed by atoms with van der Waals surface area (Å²) in [4.78, 5) is 17.7. The maximum atomic E-state index is 13.1. The molecule has 3 aromatic rings. The van der Waals surface area contributed by atoms with Crippen LogP contribution in [-0.2, 0) is 21.4 Å². The Bertz CT molecular complexity index is 1400. The largest absolute Gasteiger partial charge is 0.303 e. The van der Waals surface area contributed by atoms with E-state index in [1.165, 1.54) is 27.8 Å². The van der Waals surface area contributed by atoms with Crippen LogP contribution in [0.15, 0.2) is 33.5 Å². The number of hydrogen-bond donors (Lipinski definition) is 0. The molecule has 0 spiro atoms. The highest BCUT2D eigenvalue weighted by atomic mass is 35.5. The lowest BCUT2D eigenvalue weighted by Crippen LogP contribution is -2.40. The lowest BCUT2D eigenvalue weighted by molar-refractivity contribution is -0.121. The lowest BCUT2D eigenvalue weighted by Gasteiger charge is -2.20. The molecule has 0 saturated carbocycles. The number of hydrogen-bond acceptors (Lipinski definition) is 5. The van der Waals surface area contributed by atoms with Crippen molar-refractivity contribution in [3.63, 3.8) is 0 Å². The predicted octanol–water partition coefficient (Wildman–Crippen LogP) is 4.64. The van der Waals surface area contributed by atoms with Gasteiger partial charge >= 0.3 is 0 Å². The average molecular weight is 535 g/mol. The summed E-state index contributed by atoms with van der Waals surface area (Å²) in [5.41, 5.74) is 0.591. The molecule has 0 N–H and O–H groups in total. The van der Waals surface area contributed by atoms with E-state index in [-0.39, 0.29) is 17.3 Å². The maximum absolute atomic E-state index is 13.1. The molecule has 31 heavy (non-hydrogen) atoms.